The minimum absolute atomic E-state index is 0.253. The fraction of sp³-hybridized carbons (Fsp3) is 0.409. The lowest BCUT2D eigenvalue weighted by Gasteiger charge is -2.25. The number of rotatable bonds is 8. The molecule has 0 bridgehead atoms. The number of carbonyl (C=O) groups is 1. The summed E-state index contributed by atoms with van der Waals surface area (Å²) in [4.78, 5) is 12.7. The molecule has 1 aliphatic heterocycles. The summed E-state index contributed by atoms with van der Waals surface area (Å²) in [6.45, 7) is 3.90. The highest BCUT2D eigenvalue weighted by Gasteiger charge is 2.25. The first-order valence-corrected chi connectivity index (χ1v) is 11.6. The molecular weight excluding hydrogens is 388 g/mol. The van der Waals surface area contributed by atoms with Crippen molar-refractivity contribution in [2.24, 2.45) is 0 Å². The van der Waals surface area contributed by atoms with E-state index in [0.717, 1.165) is 37.9 Å². The predicted octanol–water partition coefficient (Wildman–Crippen LogP) is 4.29. The van der Waals surface area contributed by atoms with E-state index < -0.39 is 10.0 Å². The third-order valence-electron chi connectivity index (χ3n) is 4.95. The molecule has 1 amide bonds. The van der Waals surface area contributed by atoms with Crippen molar-refractivity contribution in [3.05, 3.63) is 54.1 Å². The molecule has 1 heterocycles. The molecule has 0 aliphatic carbocycles. The van der Waals surface area contributed by atoms with Crippen LogP contribution in [0.1, 0.15) is 49.4 Å². The van der Waals surface area contributed by atoms with Gasteiger partial charge in [-0.2, -0.15) is 4.31 Å². The van der Waals surface area contributed by atoms with Crippen molar-refractivity contribution in [1.82, 2.24) is 4.31 Å². The number of ether oxygens (including phenoxy) is 1. The first-order chi connectivity index (χ1) is 14.0. The third-order valence-corrected chi connectivity index (χ3v) is 6.86. The Morgan fingerprint density at radius 1 is 1.00 bits per heavy atom. The van der Waals surface area contributed by atoms with Crippen LogP contribution in [0.2, 0.25) is 0 Å². The molecule has 0 spiro atoms. The van der Waals surface area contributed by atoms with Crippen LogP contribution >= 0.6 is 0 Å². The van der Waals surface area contributed by atoms with Gasteiger partial charge in [0.05, 0.1) is 11.5 Å². The predicted molar refractivity (Wildman–Crippen MR) is 114 cm³/mol. The van der Waals surface area contributed by atoms with Crippen molar-refractivity contribution in [3.63, 3.8) is 0 Å². The summed E-state index contributed by atoms with van der Waals surface area (Å²) in [7, 11) is -3.47. The molecule has 1 aliphatic rings. The van der Waals surface area contributed by atoms with E-state index in [2.05, 4.69) is 12.2 Å². The molecule has 3 rings (SSSR count). The Bertz CT molecular complexity index is 903. The molecule has 156 valence electrons. The van der Waals surface area contributed by atoms with Gasteiger partial charge in [-0.05, 0) is 67.8 Å². The van der Waals surface area contributed by atoms with Crippen LogP contribution in [0.5, 0.6) is 5.75 Å². The Morgan fingerprint density at radius 3 is 2.28 bits per heavy atom. The number of benzene rings is 2. The Kier molecular flexibility index (Phi) is 7.28. The number of hydrogen-bond acceptors (Lipinski definition) is 4. The van der Waals surface area contributed by atoms with E-state index in [1.807, 2.05) is 0 Å². The lowest BCUT2D eigenvalue weighted by molar-refractivity contribution is 0.102. The van der Waals surface area contributed by atoms with Gasteiger partial charge in [0, 0.05) is 24.3 Å². The van der Waals surface area contributed by atoms with Crippen molar-refractivity contribution >= 4 is 21.6 Å². The molecule has 2 aromatic carbocycles. The Morgan fingerprint density at radius 2 is 1.66 bits per heavy atom. The molecule has 6 nitrogen and oxygen atoms in total. The normalized spacial score (nSPS) is 15.1. The molecular formula is C22H28N2O4S. The van der Waals surface area contributed by atoms with Gasteiger partial charge in [0.15, 0.2) is 0 Å². The number of hydrogen-bond donors (Lipinski definition) is 1. The van der Waals surface area contributed by atoms with E-state index in [4.69, 9.17) is 4.74 Å². The van der Waals surface area contributed by atoms with Crippen molar-refractivity contribution in [2.75, 3.05) is 25.0 Å². The van der Waals surface area contributed by atoms with E-state index in [1.165, 1.54) is 4.31 Å². The minimum Gasteiger partial charge on any atom is -0.494 e. The Balaban J connectivity index is 1.61. The number of anilines is 1. The third kappa shape index (κ3) is 5.58. The van der Waals surface area contributed by atoms with Crippen LogP contribution in [-0.4, -0.2) is 38.3 Å². The van der Waals surface area contributed by atoms with Gasteiger partial charge in [-0.15, -0.1) is 0 Å². The topological polar surface area (TPSA) is 75.7 Å². The summed E-state index contributed by atoms with van der Waals surface area (Å²) in [6, 6.07) is 13.3. The summed E-state index contributed by atoms with van der Waals surface area (Å²) in [5, 5.41) is 2.80. The van der Waals surface area contributed by atoms with Crippen LogP contribution in [-0.2, 0) is 10.0 Å². The molecule has 0 aromatic heterocycles. The maximum atomic E-state index is 12.7. The summed E-state index contributed by atoms with van der Waals surface area (Å²) in [6.07, 6.45) is 4.93. The number of nitrogens with one attached hydrogen (secondary N) is 1. The molecule has 29 heavy (non-hydrogen) atoms. The maximum Gasteiger partial charge on any atom is 0.255 e. The quantitative estimate of drug-likeness (QED) is 0.651. The van der Waals surface area contributed by atoms with Gasteiger partial charge < -0.3 is 10.1 Å². The molecule has 1 N–H and O–H groups in total. The summed E-state index contributed by atoms with van der Waals surface area (Å²) in [5.74, 6) is 0.485. The zero-order valence-corrected chi connectivity index (χ0v) is 17.6. The fourth-order valence-corrected chi connectivity index (χ4v) is 4.72. The zero-order valence-electron chi connectivity index (χ0n) is 16.8. The molecule has 0 atom stereocenters. The smallest absolute Gasteiger partial charge is 0.255 e. The van der Waals surface area contributed by atoms with Gasteiger partial charge in [-0.25, -0.2) is 8.42 Å². The van der Waals surface area contributed by atoms with E-state index in [9.17, 15) is 13.2 Å². The SMILES string of the molecule is CCCCOc1ccc(C(=O)Nc2ccc(S(=O)(=O)N3CCCCC3)cc2)cc1. The molecule has 1 saturated heterocycles. The van der Waals surface area contributed by atoms with E-state index in [1.54, 1.807) is 48.5 Å². The second-order valence-corrected chi connectivity index (χ2v) is 9.11. The van der Waals surface area contributed by atoms with Crippen LogP contribution in [0.25, 0.3) is 0 Å². The van der Waals surface area contributed by atoms with Crippen LogP contribution in [0.15, 0.2) is 53.4 Å². The highest BCUT2D eigenvalue weighted by molar-refractivity contribution is 7.89. The standard InChI is InChI=1S/C22H28N2O4S/c1-2-3-17-28-20-11-7-18(8-12-20)22(25)23-19-9-13-21(14-10-19)29(26,27)24-15-5-4-6-16-24/h7-14H,2-6,15-17H2,1H3,(H,23,25). The van der Waals surface area contributed by atoms with E-state index in [-0.39, 0.29) is 10.8 Å². The molecule has 7 heteroatoms. The van der Waals surface area contributed by atoms with Gasteiger partial charge in [0.25, 0.3) is 5.91 Å². The van der Waals surface area contributed by atoms with Crippen LogP contribution in [0.4, 0.5) is 5.69 Å². The first-order valence-electron chi connectivity index (χ1n) is 10.1. The average molecular weight is 417 g/mol. The van der Waals surface area contributed by atoms with Gasteiger partial charge in [0.2, 0.25) is 10.0 Å². The van der Waals surface area contributed by atoms with Crippen molar-refractivity contribution in [1.29, 1.82) is 0 Å². The summed E-state index contributed by atoms with van der Waals surface area (Å²) >= 11 is 0. The van der Waals surface area contributed by atoms with Crippen molar-refractivity contribution < 1.29 is 17.9 Å². The van der Waals surface area contributed by atoms with Gasteiger partial charge >= 0.3 is 0 Å². The van der Waals surface area contributed by atoms with E-state index in [0.29, 0.717) is 30.9 Å². The van der Waals surface area contributed by atoms with E-state index >= 15 is 0 Å². The average Bonchev–Trinajstić information content (AvgIpc) is 2.75. The lowest BCUT2D eigenvalue weighted by Crippen LogP contribution is -2.35. The fourth-order valence-electron chi connectivity index (χ4n) is 3.20. The van der Waals surface area contributed by atoms with Gasteiger partial charge in [-0.3, -0.25) is 4.79 Å². The zero-order chi connectivity index (χ0) is 20.7. The number of piperidine rings is 1. The number of unbranched alkanes of at least 4 members (excludes halogenated alkanes) is 1. The maximum absolute atomic E-state index is 12.7. The number of sulfonamides is 1. The number of nitrogens with zero attached hydrogens (tertiary/aromatic N) is 1. The Hall–Kier alpha value is -2.38. The van der Waals surface area contributed by atoms with Crippen LogP contribution in [0.3, 0.4) is 0 Å². The van der Waals surface area contributed by atoms with Crippen LogP contribution in [0, 0.1) is 0 Å². The summed E-state index contributed by atoms with van der Waals surface area (Å²) < 4.78 is 32.5. The lowest BCUT2D eigenvalue weighted by atomic mass is 10.2. The molecule has 2 aromatic rings. The highest BCUT2D eigenvalue weighted by Crippen LogP contribution is 2.22. The molecule has 0 saturated carbocycles. The minimum atomic E-state index is -3.47. The van der Waals surface area contributed by atoms with Crippen molar-refractivity contribution in [2.45, 2.75) is 43.9 Å². The first kappa shape index (κ1) is 21.3. The van der Waals surface area contributed by atoms with Gasteiger partial charge in [-0.1, -0.05) is 19.8 Å². The summed E-state index contributed by atoms with van der Waals surface area (Å²) in [5.41, 5.74) is 1.06. The monoisotopic (exact) mass is 416 g/mol. The van der Waals surface area contributed by atoms with Gasteiger partial charge in [0.1, 0.15) is 5.75 Å². The number of amides is 1. The highest BCUT2D eigenvalue weighted by atomic mass is 32.2. The van der Waals surface area contributed by atoms with Crippen LogP contribution < -0.4 is 10.1 Å². The largest absolute Gasteiger partial charge is 0.494 e. The molecule has 0 radical (unpaired) electrons. The van der Waals surface area contributed by atoms with Crippen molar-refractivity contribution in [3.8, 4) is 5.75 Å². The number of carbonyl (C=O) groups excluding carboxylic acids is 1. The second-order valence-electron chi connectivity index (χ2n) is 7.17. The molecule has 1 fully saturated rings. The second kappa shape index (κ2) is 9.89. The Labute approximate surface area is 172 Å². The molecule has 0 unspecified atom stereocenters.